The van der Waals surface area contributed by atoms with E-state index in [0.29, 0.717) is 11.7 Å². The van der Waals surface area contributed by atoms with Crippen LogP contribution in [0.25, 0.3) is 6.08 Å². The molecule has 2 fully saturated rings. The van der Waals surface area contributed by atoms with Crippen molar-refractivity contribution in [1.29, 1.82) is 0 Å². The lowest BCUT2D eigenvalue weighted by molar-refractivity contribution is -0.125. The van der Waals surface area contributed by atoms with Crippen LogP contribution in [0.2, 0.25) is 0 Å². The fourth-order valence-corrected chi connectivity index (χ4v) is 3.94. The van der Waals surface area contributed by atoms with Crippen molar-refractivity contribution in [3.8, 4) is 0 Å². The van der Waals surface area contributed by atoms with Gasteiger partial charge in [-0.3, -0.25) is 4.79 Å². The first-order valence-corrected chi connectivity index (χ1v) is 7.19. The molecular weight excluding hydrogens is 232 g/mol. The van der Waals surface area contributed by atoms with Crippen molar-refractivity contribution < 1.29 is 4.79 Å². The monoisotopic (exact) mass is 254 g/mol. The Morgan fingerprint density at radius 1 is 1.16 bits per heavy atom. The lowest BCUT2D eigenvalue weighted by Crippen LogP contribution is -2.32. The quantitative estimate of drug-likeness (QED) is 0.679. The van der Waals surface area contributed by atoms with E-state index in [4.69, 9.17) is 0 Å². The minimum Gasteiger partial charge on any atom is -0.294 e. The van der Waals surface area contributed by atoms with E-state index in [1.165, 1.54) is 5.56 Å². The molecule has 0 saturated heterocycles. The van der Waals surface area contributed by atoms with Gasteiger partial charge in [-0.15, -0.1) is 0 Å². The van der Waals surface area contributed by atoms with Gasteiger partial charge >= 0.3 is 0 Å². The van der Waals surface area contributed by atoms with Gasteiger partial charge in [-0.25, -0.2) is 0 Å². The summed E-state index contributed by atoms with van der Waals surface area (Å²) in [6.45, 7) is 8.77. The second-order valence-electron chi connectivity index (χ2n) is 6.98. The van der Waals surface area contributed by atoms with Crippen molar-refractivity contribution in [3.63, 3.8) is 0 Å². The molecule has 0 radical (unpaired) electrons. The Kier molecular flexibility index (Phi) is 2.54. The molecule has 0 aliphatic heterocycles. The molecule has 2 atom stereocenters. The van der Waals surface area contributed by atoms with E-state index >= 15 is 0 Å². The maximum Gasteiger partial charge on any atom is 0.165 e. The highest BCUT2D eigenvalue weighted by Gasteiger charge is 2.63. The molecule has 100 valence electrons. The molecule has 2 saturated carbocycles. The highest BCUT2D eigenvalue weighted by Crippen LogP contribution is 2.65. The summed E-state index contributed by atoms with van der Waals surface area (Å²) in [4.78, 5) is 12.7. The Labute approximate surface area is 115 Å². The van der Waals surface area contributed by atoms with Crippen LogP contribution >= 0.6 is 0 Å². The summed E-state index contributed by atoms with van der Waals surface area (Å²) < 4.78 is 0. The molecule has 1 nitrogen and oxygen atoms in total. The number of carbonyl (C=O) groups excluding carboxylic acids is 1. The van der Waals surface area contributed by atoms with E-state index in [1.54, 1.807) is 0 Å². The highest BCUT2D eigenvalue weighted by molar-refractivity contribution is 6.07. The number of hydrogen-bond acceptors (Lipinski definition) is 1. The van der Waals surface area contributed by atoms with Crippen molar-refractivity contribution in [2.24, 2.45) is 16.7 Å². The van der Waals surface area contributed by atoms with Crippen LogP contribution in [0.5, 0.6) is 0 Å². The van der Waals surface area contributed by atoms with Crippen LogP contribution in [0.15, 0.2) is 29.8 Å². The van der Waals surface area contributed by atoms with E-state index in [0.717, 1.165) is 24.0 Å². The Hall–Kier alpha value is -1.37. The molecule has 0 N–H and O–H groups in total. The zero-order chi connectivity index (χ0) is 13.8. The Balaban J connectivity index is 2.04. The van der Waals surface area contributed by atoms with Crippen LogP contribution in [0.4, 0.5) is 0 Å². The number of benzene rings is 1. The first-order valence-electron chi connectivity index (χ1n) is 7.19. The van der Waals surface area contributed by atoms with Crippen LogP contribution < -0.4 is 0 Å². The van der Waals surface area contributed by atoms with Gasteiger partial charge in [-0.2, -0.15) is 0 Å². The number of rotatable bonds is 1. The van der Waals surface area contributed by atoms with Crippen molar-refractivity contribution in [2.45, 2.75) is 40.5 Å². The van der Waals surface area contributed by atoms with Gasteiger partial charge in [0.1, 0.15) is 0 Å². The first-order chi connectivity index (χ1) is 8.86. The SMILES string of the molecule is Cc1ccc(/C=C2\C(=O)[C@]3(C)CC[C@H]2C3(C)C)cc1. The number of fused-ring (bicyclic) bond motifs is 2. The Morgan fingerprint density at radius 3 is 2.32 bits per heavy atom. The molecule has 0 heterocycles. The fraction of sp³-hybridized carbons (Fsp3) is 0.500. The first kappa shape index (κ1) is 12.7. The third-order valence-electron chi connectivity index (χ3n) is 5.76. The molecule has 2 bridgehead atoms. The molecule has 2 aliphatic rings. The largest absolute Gasteiger partial charge is 0.294 e. The van der Waals surface area contributed by atoms with Crippen molar-refractivity contribution in [1.82, 2.24) is 0 Å². The van der Waals surface area contributed by atoms with E-state index < -0.39 is 0 Å². The predicted octanol–water partition coefficient (Wildman–Crippen LogP) is 4.40. The van der Waals surface area contributed by atoms with Gasteiger partial charge in [0.2, 0.25) is 0 Å². The summed E-state index contributed by atoms with van der Waals surface area (Å²) in [7, 11) is 0. The molecule has 19 heavy (non-hydrogen) atoms. The molecule has 1 aromatic rings. The van der Waals surface area contributed by atoms with Gasteiger partial charge < -0.3 is 0 Å². The second kappa shape index (κ2) is 3.82. The summed E-state index contributed by atoms with van der Waals surface area (Å²) in [5, 5.41) is 0. The molecular formula is C18H22O. The van der Waals surface area contributed by atoms with E-state index in [2.05, 4.69) is 58.0 Å². The van der Waals surface area contributed by atoms with Gasteiger partial charge in [0.05, 0.1) is 0 Å². The lowest BCUT2D eigenvalue weighted by Gasteiger charge is -2.31. The summed E-state index contributed by atoms with van der Waals surface area (Å²) in [6.07, 6.45) is 4.33. The van der Waals surface area contributed by atoms with Crippen molar-refractivity contribution >= 4 is 11.9 Å². The molecule has 0 aromatic heterocycles. The molecule has 1 aromatic carbocycles. The number of ketones is 1. The Morgan fingerprint density at radius 2 is 1.79 bits per heavy atom. The van der Waals surface area contributed by atoms with E-state index in [-0.39, 0.29) is 10.8 Å². The smallest absolute Gasteiger partial charge is 0.165 e. The van der Waals surface area contributed by atoms with E-state index in [1.807, 2.05) is 0 Å². The summed E-state index contributed by atoms with van der Waals surface area (Å²) in [5.41, 5.74) is 3.44. The lowest BCUT2D eigenvalue weighted by atomic mass is 9.70. The highest BCUT2D eigenvalue weighted by atomic mass is 16.1. The molecule has 0 unspecified atom stereocenters. The molecule has 1 heteroatoms. The summed E-state index contributed by atoms with van der Waals surface area (Å²) in [5.74, 6) is 0.820. The average Bonchev–Trinajstić information content (AvgIpc) is 2.66. The summed E-state index contributed by atoms with van der Waals surface area (Å²) >= 11 is 0. The van der Waals surface area contributed by atoms with Crippen molar-refractivity contribution in [3.05, 3.63) is 41.0 Å². The maximum atomic E-state index is 12.7. The summed E-state index contributed by atoms with van der Waals surface area (Å²) in [6, 6.07) is 8.43. The van der Waals surface area contributed by atoms with Crippen LogP contribution in [0.3, 0.4) is 0 Å². The van der Waals surface area contributed by atoms with Gasteiger partial charge in [-0.05, 0) is 48.3 Å². The van der Waals surface area contributed by atoms with E-state index in [9.17, 15) is 4.79 Å². The number of allylic oxidation sites excluding steroid dienone is 1. The minimum atomic E-state index is -0.145. The second-order valence-corrected chi connectivity index (χ2v) is 6.98. The predicted molar refractivity (Wildman–Crippen MR) is 78.8 cm³/mol. The normalized spacial score (nSPS) is 34.2. The number of Topliss-reactive ketones (excluding diaryl/α,β-unsaturated/α-hetero) is 1. The molecule has 0 amide bonds. The fourth-order valence-electron chi connectivity index (χ4n) is 3.94. The zero-order valence-electron chi connectivity index (χ0n) is 12.3. The number of hydrogen-bond donors (Lipinski definition) is 0. The topological polar surface area (TPSA) is 17.1 Å². The van der Waals surface area contributed by atoms with Crippen LogP contribution in [0, 0.1) is 23.7 Å². The van der Waals surface area contributed by atoms with Gasteiger partial charge in [0.25, 0.3) is 0 Å². The Bertz CT molecular complexity index is 562. The zero-order valence-corrected chi connectivity index (χ0v) is 12.3. The minimum absolute atomic E-state index is 0.112. The third-order valence-corrected chi connectivity index (χ3v) is 5.76. The van der Waals surface area contributed by atoms with Crippen LogP contribution in [0.1, 0.15) is 44.7 Å². The average molecular weight is 254 g/mol. The van der Waals surface area contributed by atoms with Gasteiger partial charge in [-0.1, -0.05) is 50.6 Å². The molecule has 2 aliphatic carbocycles. The third kappa shape index (κ3) is 1.57. The van der Waals surface area contributed by atoms with Crippen LogP contribution in [-0.4, -0.2) is 5.78 Å². The standard InChI is InChI=1S/C18H22O/c1-12-5-7-13(8-6-12)11-14-15-9-10-18(4,16(14)19)17(15,2)3/h5-8,11,15H,9-10H2,1-4H3/b14-11-/t15-,18+/m1/s1. The van der Waals surface area contributed by atoms with Gasteiger partial charge in [0, 0.05) is 5.41 Å². The van der Waals surface area contributed by atoms with Crippen molar-refractivity contribution in [2.75, 3.05) is 0 Å². The van der Waals surface area contributed by atoms with Gasteiger partial charge in [0.15, 0.2) is 5.78 Å². The number of aryl methyl sites for hydroxylation is 1. The molecule has 3 rings (SSSR count). The maximum absolute atomic E-state index is 12.7. The van der Waals surface area contributed by atoms with Crippen LogP contribution in [-0.2, 0) is 4.79 Å². The molecule has 0 spiro atoms. The number of carbonyl (C=O) groups is 1.